The van der Waals surface area contributed by atoms with Crippen LogP contribution in [0.4, 0.5) is 0 Å². The maximum Gasteiger partial charge on any atom is 0.254 e. The maximum absolute atomic E-state index is 12.8. The monoisotopic (exact) mass is 388 g/mol. The summed E-state index contributed by atoms with van der Waals surface area (Å²) in [5.41, 5.74) is 3.07. The fraction of sp³-hybridized carbons (Fsp3) is 0.167. The van der Waals surface area contributed by atoms with Crippen LogP contribution in [0.15, 0.2) is 84.9 Å². The number of hydrogen-bond donors (Lipinski definition) is 2. The van der Waals surface area contributed by atoms with Gasteiger partial charge in [-0.25, -0.2) is 0 Å². The Morgan fingerprint density at radius 2 is 1.38 bits per heavy atom. The smallest absolute Gasteiger partial charge is 0.254 e. The molecule has 0 aliphatic rings. The van der Waals surface area contributed by atoms with E-state index in [9.17, 15) is 14.7 Å². The molecule has 5 heteroatoms. The van der Waals surface area contributed by atoms with Gasteiger partial charge in [-0.05, 0) is 35.4 Å². The molecule has 0 aliphatic carbocycles. The van der Waals surface area contributed by atoms with E-state index in [-0.39, 0.29) is 25.0 Å². The average Bonchev–Trinajstić information content (AvgIpc) is 2.78. The van der Waals surface area contributed by atoms with E-state index in [0.717, 1.165) is 11.1 Å². The lowest BCUT2D eigenvalue weighted by Gasteiger charge is -2.22. The molecule has 3 aromatic carbocycles. The largest absolute Gasteiger partial charge is 0.395 e. The molecule has 3 rings (SSSR count). The maximum atomic E-state index is 12.8. The van der Waals surface area contributed by atoms with Crippen molar-refractivity contribution in [2.75, 3.05) is 13.2 Å². The second-order valence-corrected chi connectivity index (χ2v) is 6.68. The van der Waals surface area contributed by atoms with E-state index in [1.165, 1.54) is 0 Å². The zero-order valence-electron chi connectivity index (χ0n) is 16.1. The van der Waals surface area contributed by atoms with E-state index in [1.807, 2.05) is 60.7 Å². The minimum atomic E-state index is -0.136. The van der Waals surface area contributed by atoms with Crippen molar-refractivity contribution in [3.63, 3.8) is 0 Å². The van der Waals surface area contributed by atoms with Crippen molar-refractivity contribution in [2.45, 2.75) is 13.1 Å². The highest BCUT2D eigenvalue weighted by Crippen LogP contribution is 2.12. The van der Waals surface area contributed by atoms with Crippen molar-refractivity contribution in [1.29, 1.82) is 0 Å². The van der Waals surface area contributed by atoms with Crippen LogP contribution in [0.3, 0.4) is 0 Å². The number of amides is 2. The molecule has 2 amide bonds. The van der Waals surface area contributed by atoms with Gasteiger partial charge in [0.25, 0.3) is 11.8 Å². The normalized spacial score (nSPS) is 10.4. The molecule has 0 atom stereocenters. The highest BCUT2D eigenvalue weighted by molar-refractivity contribution is 5.95. The van der Waals surface area contributed by atoms with Gasteiger partial charge in [-0.3, -0.25) is 9.59 Å². The average molecular weight is 388 g/mol. The van der Waals surface area contributed by atoms with E-state index >= 15 is 0 Å². The summed E-state index contributed by atoms with van der Waals surface area (Å²) in [6.07, 6.45) is 0. The quantitative estimate of drug-likeness (QED) is 0.622. The van der Waals surface area contributed by atoms with Crippen molar-refractivity contribution in [3.8, 4) is 0 Å². The van der Waals surface area contributed by atoms with E-state index < -0.39 is 0 Å². The van der Waals surface area contributed by atoms with Gasteiger partial charge in [-0.1, -0.05) is 60.7 Å². The van der Waals surface area contributed by atoms with Crippen LogP contribution in [0.2, 0.25) is 0 Å². The van der Waals surface area contributed by atoms with Crippen LogP contribution in [-0.4, -0.2) is 35.0 Å². The third-order valence-electron chi connectivity index (χ3n) is 4.56. The lowest BCUT2D eigenvalue weighted by molar-refractivity contribution is 0.0707. The summed E-state index contributed by atoms with van der Waals surface area (Å²) in [7, 11) is 0. The van der Waals surface area contributed by atoms with Crippen LogP contribution in [0.5, 0.6) is 0 Å². The summed E-state index contributed by atoms with van der Waals surface area (Å²) < 4.78 is 0. The number of carbonyl (C=O) groups is 2. The SMILES string of the molecule is O=C(NCc1ccc(C(=O)N(CCO)Cc2ccccc2)cc1)c1ccccc1. The first-order valence-electron chi connectivity index (χ1n) is 9.53. The molecule has 0 spiro atoms. The third-order valence-corrected chi connectivity index (χ3v) is 4.56. The van der Waals surface area contributed by atoms with E-state index in [4.69, 9.17) is 0 Å². The minimum Gasteiger partial charge on any atom is -0.395 e. The van der Waals surface area contributed by atoms with Crippen molar-refractivity contribution in [3.05, 3.63) is 107 Å². The van der Waals surface area contributed by atoms with Crippen LogP contribution in [0.25, 0.3) is 0 Å². The molecule has 0 saturated carbocycles. The number of rotatable bonds is 8. The Labute approximate surface area is 170 Å². The van der Waals surface area contributed by atoms with Crippen LogP contribution in [0.1, 0.15) is 31.8 Å². The number of nitrogens with one attached hydrogen (secondary N) is 1. The number of aliphatic hydroxyl groups is 1. The molecule has 0 unspecified atom stereocenters. The number of hydrogen-bond acceptors (Lipinski definition) is 3. The minimum absolute atomic E-state index is 0.0951. The molecule has 0 radical (unpaired) electrons. The molecular weight excluding hydrogens is 364 g/mol. The van der Waals surface area contributed by atoms with Gasteiger partial charge in [-0.2, -0.15) is 0 Å². The molecule has 0 heterocycles. The van der Waals surface area contributed by atoms with Gasteiger partial charge in [0.1, 0.15) is 0 Å². The summed E-state index contributed by atoms with van der Waals surface area (Å²) in [6.45, 7) is 0.993. The Morgan fingerprint density at radius 3 is 2.00 bits per heavy atom. The fourth-order valence-electron chi connectivity index (χ4n) is 3.00. The number of nitrogens with zero attached hydrogens (tertiary/aromatic N) is 1. The Balaban J connectivity index is 1.61. The molecule has 0 aliphatic heterocycles. The number of carbonyl (C=O) groups excluding carboxylic acids is 2. The first-order valence-corrected chi connectivity index (χ1v) is 9.53. The first kappa shape index (κ1) is 20.3. The highest BCUT2D eigenvalue weighted by Gasteiger charge is 2.16. The van der Waals surface area contributed by atoms with Crippen molar-refractivity contribution in [1.82, 2.24) is 10.2 Å². The molecular formula is C24H24N2O3. The Kier molecular flexibility index (Phi) is 7.14. The molecule has 0 bridgehead atoms. The summed E-state index contributed by atoms with van der Waals surface area (Å²) in [6, 6.07) is 25.9. The zero-order chi connectivity index (χ0) is 20.5. The van der Waals surface area contributed by atoms with Gasteiger partial charge < -0.3 is 15.3 Å². The molecule has 0 fully saturated rings. The van der Waals surface area contributed by atoms with Crippen LogP contribution in [-0.2, 0) is 13.1 Å². The van der Waals surface area contributed by atoms with Crippen LogP contribution >= 0.6 is 0 Å². The zero-order valence-corrected chi connectivity index (χ0v) is 16.1. The molecule has 3 aromatic rings. The molecule has 0 aromatic heterocycles. The van der Waals surface area contributed by atoms with Crippen LogP contribution < -0.4 is 5.32 Å². The summed E-state index contributed by atoms with van der Waals surface area (Å²) >= 11 is 0. The Morgan fingerprint density at radius 1 is 0.759 bits per heavy atom. The first-order chi connectivity index (χ1) is 14.2. The lowest BCUT2D eigenvalue weighted by atomic mass is 10.1. The van der Waals surface area contributed by atoms with Gasteiger partial charge in [0.05, 0.1) is 6.61 Å². The standard InChI is InChI=1S/C24H24N2O3/c27-16-15-26(18-20-7-3-1-4-8-20)24(29)22-13-11-19(12-14-22)17-25-23(28)21-9-5-2-6-10-21/h1-14,27H,15-18H2,(H,25,28). The van der Waals surface area contributed by atoms with E-state index in [1.54, 1.807) is 29.2 Å². The summed E-state index contributed by atoms with van der Waals surface area (Å²) in [4.78, 5) is 26.6. The molecule has 29 heavy (non-hydrogen) atoms. The Bertz CT molecular complexity index is 925. The number of benzene rings is 3. The summed E-state index contributed by atoms with van der Waals surface area (Å²) in [5, 5.41) is 12.2. The third kappa shape index (κ3) is 5.77. The highest BCUT2D eigenvalue weighted by atomic mass is 16.3. The Hall–Kier alpha value is -3.44. The van der Waals surface area contributed by atoms with E-state index in [0.29, 0.717) is 24.2 Å². The molecule has 0 saturated heterocycles. The predicted molar refractivity (Wildman–Crippen MR) is 112 cm³/mol. The van der Waals surface area contributed by atoms with Gasteiger partial charge in [0.2, 0.25) is 0 Å². The number of aliphatic hydroxyl groups excluding tert-OH is 1. The van der Waals surface area contributed by atoms with Crippen molar-refractivity contribution < 1.29 is 14.7 Å². The van der Waals surface area contributed by atoms with Gasteiger partial charge >= 0.3 is 0 Å². The fourth-order valence-corrected chi connectivity index (χ4v) is 3.00. The topological polar surface area (TPSA) is 69.6 Å². The van der Waals surface area contributed by atoms with Gasteiger partial charge in [-0.15, -0.1) is 0 Å². The summed E-state index contributed by atoms with van der Waals surface area (Å²) in [5.74, 6) is -0.273. The van der Waals surface area contributed by atoms with Gasteiger partial charge in [0.15, 0.2) is 0 Å². The van der Waals surface area contributed by atoms with Gasteiger partial charge in [0, 0.05) is 30.8 Å². The van der Waals surface area contributed by atoms with Crippen molar-refractivity contribution >= 4 is 11.8 Å². The van der Waals surface area contributed by atoms with E-state index in [2.05, 4.69) is 5.32 Å². The van der Waals surface area contributed by atoms with Crippen molar-refractivity contribution in [2.24, 2.45) is 0 Å². The molecule has 148 valence electrons. The lowest BCUT2D eigenvalue weighted by Crippen LogP contribution is -2.33. The molecule has 5 nitrogen and oxygen atoms in total. The second-order valence-electron chi connectivity index (χ2n) is 6.68. The second kappa shape index (κ2) is 10.2. The van der Waals surface area contributed by atoms with Crippen LogP contribution in [0, 0.1) is 0 Å². The molecule has 2 N–H and O–H groups in total. The predicted octanol–water partition coefficient (Wildman–Crippen LogP) is 3.25.